The minimum absolute atomic E-state index is 0.0377. The average molecular weight is 399 g/mol. The largest absolute Gasteiger partial charge is 0.407 e. The number of nitrogens with zero attached hydrogens (tertiary/aromatic N) is 2. The van der Waals surface area contributed by atoms with Gasteiger partial charge in [0.15, 0.2) is 9.84 Å². The van der Waals surface area contributed by atoms with Gasteiger partial charge in [0.2, 0.25) is 5.89 Å². The number of anilines is 1. The predicted molar refractivity (Wildman–Crippen MR) is 105 cm³/mol. The maximum Gasteiger partial charge on any atom is 0.322 e. The molecular weight excluding hydrogens is 378 g/mol. The van der Waals surface area contributed by atoms with Gasteiger partial charge in [-0.1, -0.05) is 41.0 Å². The van der Waals surface area contributed by atoms with Crippen molar-refractivity contribution in [2.75, 3.05) is 5.32 Å². The van der Waals surface area contributed by atoms with Gasteiger partial charge in [-0.25, -0.2) is 8.42 Å². The summed E-state index contributed by atoms with van der Waals surface area (Å²) < 4.78 is 30.1. The summed E-state index contributed by atoms with van der Waals surface area (Å²) in [6, 6.07) is 13.8. The van der Waals surface area contributed by atoms with E-state index in [9.17, 15) is 13.2 Å². The molecule has 1 N–H and O–H groups in total. The van der Waals surface area contributed by atoms with Crippen LogP contribution in [0.5, 0.6) is 0 Å². The van der Waals surface area contributed by atoms with Crippen molar-refractivity contribution < 1.29 is 17.6 Å². The standard InChI is InChI=1S/C20H21N3O4S/c1-13(2)28(25,26)17-6-4-5-16(12-17)19(24)21-20-23-22-18(27-20)11-15-9-7-14(3)8-10-15/h4-10,12-13H,11H2,1-3H3,(H,21,23,24). The molecule has 3 aromatic rings. The van der Waals surface area contributed by atoms with E-state index < -0.39 is 21.0 Å². The lowest BCUT2D eigenvalue weighted by Gasteiger charge is -2.09. The second kappa shape index (κ2) is 7.93. The summed E-state index contributed by atoms with van der Waals surface area (Å²) in [4.78, 5) is 12.5. The van der Waals surface area contributed by atoms with Gasteiger partial charge in [-0.05, 0) is 44.5 Å². The molecule has 0 aliphatic rings. The van der Waals surface area contributed by atoms with Crippen molar-refractivity contribution >= 4 is 21.8 Å². The van der Waals surface area contributed by atoms with E-state index in [0.29, 0.717) is 12.3 Å². The van der Waals surface area contributed by atoms with E-state index in [-0.39, 0.29) is 16.5 Å². The van der Waals surface area contributed by atoms with Gasteiger partial charge in [0, 0.05) is 5.56 Å². The molecule has 0 radical (unpaired) electrons. The highest BCUT2D eigenvalue weighted by Crippen LogP contribution is 2.18. The maximum atomic E-state index is 12.4. The summed E-state index contributed by atoms with van der Waals surface area (Å²) in [5, 5.41) is 9.69. The van der Waals surface area contributed by atoms with Crippen molar-refractivity contribution in [2.45, 2.75) is 37.3 Å². The second-order valence-electron chi connectivity index (χ2n) is 6.74. The molecule has 0 fully saturated rings. The van der Waals surface area contributed by atoms with E-state index in [4.69, 9.17) is 4.42 Å². The molecule has 3 rings (SSSR count). The Bertz CT molecular complexity index is 1090. The predicted octanol–water partition coefficient (Wildman–Crippen LogP) is 3.40. The van der Waals surface area contributed by atoms with Crippen LogP contribution in [0.15, 0.2) is 57.8 Å². The Morgan fingerprint density at radius 3 is 2.50 bits per heavy atom. The van der Waals surface area contributed by atoms with E-state index in [2.05, 4.69) is 15.5 Å². The number of hydrogen-bond acceptors (Lipinski definition) is 6. The topological polar surface area (TPSA) is 102 Å². The van der Waals surface area contributed by atoms with Crippen LogP contribution in [0.2, 0.25) is 0 Å². The van der Waals surface area contributed by atoms with Crippen LogP contribution in [0.4, 0.5) is 6.01 Å². The summed E-state index contributed by atoms with van der Waals surface area (Å²) in [7, 11) is -3.47. The van der Waals surface area contributed by atoms with Crippen LogP contribution in [0.3, 0.4) is 0 Å². The quantitative estimate of drug-likeness (QED) is 0.681. The third kappa shape index (κ3) is 4.45. The Morgan fingerprint density at radius 1 is 1.11 bits per heavy atom. The molecular formula is C20H21N3O4S. The third-order valence-corrected chi connectivity index (χ3v) is 6.36. The minimum atomic E-state index is -3.47. The van der Waals surface area contributed by atoms with E-state index >= 15 is 0 Å². The molecule has 0 saturated carbocycles. The molecule has 1 heterocycles. The zero-order chi connectivity index (χ0) is 20.3. The Balaban J connectivity index is 1.72. The number of carbonyl (C=O) groups excluding carboxylic acids is 1. The molecule has 7 nitrogen and oxygen atoms in total. The lowest BCUT2D eigenvalue weighted by molar-refractivity contribution is 0.102. The lowest BCUT2D eigenvalue weighted by Crippen LogP contribution is -2.16. The summed E-state index contributed by atoms with van der Waals surface area (Å²) in [6.45, 7) is 5.19. The van der Waals surface area contributed by atoms with Crippen LogP contribution in [-0.2, 0) is 16.3 Å². The molecule has 1 amide bonds. The number of sulfone groups is 1. The van der Waals surface area contributed by atoms with Gasteiger partial charge in [0.05, 0.1) is 16.6 Å². The van der Waals surface area contributed by atoms with Crippen molar-refractivity contribution in [2.24, 2.45) is 0 Å². The number of amides is 1. The van der Waals surface area contributed by atoms with E-state index in [0.717, 1.165) is 11.1 Å². The Kier molecular flexibility index (Phi) is 5.60. The van der Waals surface area contributed by atoms with Crippen LogP contribution in [-0.4, -0.2) is 29.8 Å². The highest BCUT2D eigenvalue weighted by molar-refractivity contribution is 7.92. The first kappa shape index (κ1) is 19.8. The van der Waals surface area contributed by atoms with Gasteiger partial charge in [-0.2, -0.15) is 0 Å². The van der Waals surface area contributed by atoms with E-state index in [1.165, 1.54) is 24.3 Å². The summed E-state index contributed by atoms with van der Waals surface area (Å²) in [5.74, 6) is -0.151. The van der Waals surface area contributed by atoms with E-state index in [1.807, 2.05) is 31.2 Å². The molecule has 146 valence electrons. The fraction of sp³-hybridized carbons (Fsp3) is 0.250. The fourth-order valence-electron chi connectivity index (χ4n) is 2.51. The first-order valence-corrected chi connectivity index (χ1v) is 10.3. The molecule has 0 unspecified atom stereocenters. The third-order valence-electron chi connectivity index (χ3n) is 4.21. The van der Waals surface area contributed by atoms with Crippen molar-refractivity contribution in [1.82, 2.24) is 10.2 Å². The minimum Gasteiger partial charge on any atom is -0.407 e. The zero-order valence-electron chi connectivity index (χ0n) is 15.8. The number of benzene rings is 2. The molecule has 0 spiro atoms. The van der Waals surface area contributed by atoms with Gasteiger partial charge < -0.3 is 4.42 Å². The van der Waals surface area contributed by atoms with Crippen molar-refractivity contribution in [1.29, 1.82) is 0 Å². The van der Waals surface area contributed by atoms with Gasteiger partial charge >= 0.3 is 6.01 Å². The van der Waals surface area contributed by atoms with Crippen molar-refractivity contribution in [3.8, 4) is 0 Å². The SMILES string of the molecule is Cc1ccc(Cc2nnc(NC(=O)c3cccc(S(=O)(=O)C(C)C)c3)o2)cc1. The second-order valence-corrected chi connectivity index (χ2v) is 9.24. The number of carbonyl (C=O) groups is 1. The molecule has 0 bridgehead atoms. The molecule has 0 atom stereocenters. The van der Waals surface area contributed by atoms with Gasteiger partial charge in [0.25, 0.3) is 5.91 Å². The highest BCUT2D eigenvalue weighted by atomic mass is 32.2. The van der Waals surface area contributed by atoms with Gasteiger partial charge in [-0.3, -0.25) is 10.1 Å². The number of aromatic nitrogens is 2. The smallest absolute Gasteiger partial charge is 0.322 e. The van der Waals surface area contributed by atoms with Crippen LogP contribution in [0, 0.1) is 6.92 Å². The average Bonchev–Trinajstić information content (AvgIpc) is 3.10. The van der Waals surface area contributed by atoms with Crippen LogP contribution >= 0.6 is 0 Å². The monoisotopic (exact) mass is 399 g/mol. The lowest BCUT2D eigenvalue weighted by atomic mass is 10.1. The summed E-state index contributed by atoms with van der Waals surface area (Å²) in [5.41, 5.74) is 2.36. The first-order valence-electron chi connectivity index (χ1n) is 8.79. The molecule has 28 heavy (non-hydrogen) atoms. The Hall–Kier alpha value is -3.00. The fourth-order valence-corrected chi connectivity index (χ4v) is 3.62. The Morgan fingerprint density at radius 2 is 1.82 bits per heavy atom. The van der Waals surface area contributed by atoms with E-state index in [1.54, 1.807) is 13.8 Å². The Labute approximate surface area is 163 Å². The van der Waals surface area contributed by atoms with Crippen LogP contribution in [0.1, 0.15) is 41.2 Å². The zero-order valence-corrected chi connectivity index (χ0v) is 16.7. The molecule has 0 aliphatic carbocycles. The maximum absolute atomic E-state index is 12.4. The van der Waals surface area contributed by atoms with Crippen molar-refractivity contribution in [3.05, 3.63) is 71.1 Å². The summed E-state index contributed by atoms with van der Waals surface area (Å²) >= 11 is 0. The number of hydrogen-bond donors (Lipinski definition) is 1. The molecule has 8 heteroatoms. The molecule has 0 aliphatic heterocycles. The summed E-state index contributed by atoms with van der Waals surface area (Å²) in [6.07, 6.45) is 0.450. The van der Waals surface area contributed by atoms with Gasteiger partial charge in [0.1, 0.15) is 0 Å². The molecule has 1 aromatic heterocycles. The highest BCUT2D eigenvalue weighted by Gasteiger charge is 2.21. The number of rotatable bonds is 6. The van der Waals surface area contributed by atoms with Gasteiger partial charge in [-0.15, -0.1) is 5.10 Å². The first-order chi connectivity index (χ1) is 13.3. The number of aryl methyl sites for hydroxylation is 1. The van der Waals surface area contributed by atoms with Crippen LogP contribution < -0.4 is 5.32 Å². The number of nitrogens with one attached hydrogen (secondary N) is 1. The van der Waals surface area contributed by atoms with Crippen molar-refractivity contribution in [3.63, 3.8) is 0 Å². The molecule has 2 aromatic carbocycles. The normalized spacial score (nSPS) is 11.6. The van der Waals surface area contributed by atoms with Crippen LogP contribution in [0.25, 0.3) is 0 Å². The molecule has 0 saturated heterocycles.